The zero-order valence-electron chi connectivity index (χ0n) is 12.6. The summed E-state index contributed by atoms with van der Waals surface area (Å²) in [6.07, 6.45) is 5.82. The number of aromatic nitrogens is 2. The van der Waals surface area contributed by atoms with Crippen molar-refractivity contribution in [3.8, 4) is 0 Å². The molecule has 2 heterocycles. The maximum atomic E-state index is 12.5. The maximum absolute atomic E-state index is 12.5. The van der Waals surface area contributed by atoms with Gasteiger partial charge in [-0.05, 0) is 31.0 Å². The Morgan fingerprint density at radius 1 is 1.41 bits per heavy atom. The number of amides is 1. The highest BCUT2D eigenvalue weighted by Crippen LogP contribution is 2.29. The molecule has 0 atom stereocenters. The SMILES string of the molecule is CN(Cc1ncc[nH]1)C(=O)c1ccc(N2CCCC2)c(Cl)c1. The van der Waals surface area contributed by atoms with E-state index in [0.29, 0.717) is 17.1 Å². The van der Waals surface area contributed by atoms with E-state index in [-0.39, 0.29) is 5.91 Å². The fraction of sp³-hybridized carbons (Fsp3) is 0.375. The van der Waals surface area contributed by atoms with Gasteiger partial charge in [0.25, 0.3) is 5.91 Å². The van der Waals surface area contributed by atoms with Gasteiger partial charge >= 0.3 is 0 Å². The van der Waals surface area contributed by atoms with Crippen LogP contribution in [0.4, 0.5) is 5.69 Å². The molecule has 0 bridgehead atoms. The first kappa shape index (κ1) is 14.9. The predicted molar refractivity (Wildman–Crippen MR) is 87.3 cm³/mol. The summed E-state index contributed by atoms with van der Waals surface area (Å²) in [6.45, 7) is 2.51. The van der Waals surface area contributed by atoms with Gasteiger partial charge in [0.15, 0.2) is 0 Å². The molecule has 0 unspecified atom stereocenters. The summed E-state index contributed by atoms with van der Waals surface area (Å²) in [7, 11) is 1.76. The lowest BCUT2D eigenvalue weighted by Crippen LogP contribution is -2.27. The van der Waals surface area contributed by atoms with Crippen LogP contribution < -0.4 is 4.90 Å². The summed E-state index contributed by atoms with van der Waals surface area (Å²) >= 11 is 6.37. The first-order valence-electron chi connectivity index (χ1n) is 7.43. The van der Waals surface area contributed by atoms with Crippen LogP contribution in [-0.2, 0) is 6.54 Å². The molecular weight excluding hydrogens is 300 g/mol. The van der Waals surface area contributed by atoms with Crippen molar-refractivity contribution in [1.82, 2.24) is 14.9 Å². The molecule has 3 rings (SSSR count). The van der Waals surface area contributed by atoms with Crippen LogP contribution in [0.25, 0.3) is 0 Å². The number of carbonyl (C=O) groups is 1. The minimum absolute atomic E-state index is 0.0636. The van der Waals surface area contributed by atoms with E-state index in [9.17, 15) is 4.79 Å². The molecular formula is C16H19ClN4O. The number of rotatable bonds is 4. The van der Waals surface area contributed by atoms with Crippen LogP contribution in [-0.4, -0.2) is 40.9 Å². The van der Waals surface area contributed by atoms with Crippen molar-refractivity contribution in [2.45, 2.75) is 19.4 Å². The topological polar surface area (TPSA) is 52.2 Å². The van der Waals surface area contributed by atoms with E-state index in [1.54, 1.807) is 30.4 Å². The van der Waals surface area contributed by atoms with E-state index in [1.807, 2.05) is 12.1 Å². The molecule has 1 saturated heterocycles. The second kappa shape index (κ2) is 6.40. The number of aromatic amines is 1. The average molecular weight is 319 g/mol. The van der Waals surface area contributed by atoms with Gasteiger partial charge in [-0.2, -0.15) is 0 Å². The number of halogens is 1. The van der Waals surface area contributed by atoms with Crippen LogP contribution in [0.15, 0.2) is 30.6 Å². The van der Waals surface area contributed by atoms with Gasteiger partial charge in [0, 0.05) is 38.1 Å². The molecule has 6 heteroatoms. The molecule has 1 fully saturated rings. The van der Waals surface area contributed by atoms with Crippen molar-refractivity contribution in [2.75, 3.05) is 25.0 Å². The Hall–Kier alpha value is -2.01. The van der Waals surface area contributed by atoms with Crippen LogP contribution in [0.1, 0.15) is 29.0 Å². The molecule has 0 spiro atoms. The smallest absolute Gasteiger partial charge is 0.254 e. The number of benzene rings is 1. The largest absolute Gasteiger partial charge is 0.370 e. The Bertz CT molecular complexity index is 650. The number of imidazole rings is 1. The van der Waals surface area contributed by atoms with Gasteiger partial charge < -0.3 is 14.8 Å². The lowest BCUT2D eigenvalue weighted by molar-refractivity contribution is 0.0782. The first-order chi connectivity index (χ1) is 10.6. The van der Waals surface area contributed by atoms with E-state index < -0.39 is 0 Å². The van der Waals surface area contributed by atoms with E-state index >= 15 is 0 Å². The number of hydrogen-bond acceptors (Lipinski definition) is 3. The number of nitrogens with one attached hydrogen (secondary N) is 1. The molecule has 2 aromatic rings. The maximum Gasteiger partial charge on any atom is 0.254 e. The third-order valence-electron chi connectivity index (χ3n) is 3.93. The Kier molecular flexibility index (Phi) is 4.34. The molecule has 0 saturated carbocycles. The standard InChI is InChI=1S/C16H19ClN4O/c1-20(11-15-18-6-7-19-15)16(22)12-4-5-14(13(17)10-12)21-8-2-3-9-21/h4-7,10H,2-3,8-9,11H2,1H3,(H,18,19). The normalized spacial score (nSPS) is 14.4. The van der Waals surface area contributed by atoms with Crippen LogP contribution in [0, 0.1) is 0 Å². The highest BCUT2D eigenvalue weighted by molar-refractivity contribution is 6.33. The molecule has 5 nitrogen and oxygen atoms in total. The van der Waals surface area contributed by atoms with Crippen molar-refractivity contribution < 1.29 is 4.79 Å². The molecule has 1 aliphatic rings. The van der Waals surface area contributed by atoms with Crippen molar-refractivity contribution in [2.24, 2.45) is 0 Å². The summed E-state index contributed by atoms with van der Waals surface area (Å²) in [4.78, 5) is 23.5. The Morgan fingerprint density at radius 2 is 2.18 bits per heavy atom. The number of H-pyrrole nitrogens is 1. The molecule has 0 aliphatic carbocycles. The van der Waals surface area contributed by atoms with Crippen LogP contribution in [0.5, 0.6) is 0 Å². The van der Waals surface area contributed by atoms with Gasteiger partial charge in [0.05, 0.1) is 17.3 Å². The summed E-state index contributed by atoms with van der Waals surface area (Å²) in [5, 5.41) is 0.638. The summed E-state index contributed by atoms with van der Waals surface area (Å²) in [5.41, 5.74) is 1.62. The fourth-order valence-electron chi connectivity index (χ4n) is 2.76. The zero-order valence-corrected chi connectivity index (χ0v) is 13.3. The summed E-state index contributed by atoms with van der Waals surface area (Å²) in [6, 6.07) is 5.55. The average Bonchev–Trinajstić information content (AvgIpc) is 3.19. The summed E-state index contributed by atoms with van der Waals surface area (Å²) in [5.74, 6) is 0.696. The number of nitrogens with zero attached hydrogens (tertiary/aromatic N) is 3. The minimum atomic E-state index is -0.0636. The lowest BCUT2D eigenvalue weighted by atomic mass is 10.1. The zero-order chi connectivity index (χ0) is 15.5. The van der Waals surface area contributed by atoms with E-state index in [2.05, 4.69) is 14.9 Å². The second-order valence-corrected chi connectivity index (χ2v) is 5.96. The van der Waals surface area contributed by atoms with Gasteiger partial charge in [-0.3, -0.25) is 4.79 Å². The Labute approximate surface area is 134 Å². The number of carbonyl (C=O) groups excluding carboxylic acids is 1. The van der Waals surface area contributed by atoms with Gasteiger partial charge in [0.1, 0.15) is 5.82 Å². The monoisotopic (exact) mass is 318 g/mol. The third kappa shape index (κ3) is 3.09. The number of hydrogen-bond donors (Lipinski definition) is 1. The van der Waals surface area contributed by atoms with E-state index in [4.69, 9.17) is 11.6 Å². The molecule has 1 N–H and O–H groups in total. The molecule has 0 radical (unpaired) electrons. The van der Waals surface area contributed by atoms with Crippen LogP contribution >= 0.6 is 11.6 Å². The Morgan fingerprint density at radius 3 is 2.82 bits per heavy atom. The van der Waals surface area contributed by atoms with Gasteiger partial charge in [-0.1, -0.05) is 11.6 Å². The number of anilines is 1. The van der Waals surface area contributed by atoms with Crippen molar-refractivity contribution in [1.29, 1.82) is 0 Å². The third-order valence-corrected chi connectivity index (χ3v) is 4.23. The minimum Gasteiger partial charge on any atom is -0.370 e. The molecule has 1 aromatic carbocycles. The molecule has 22 heavy (non-hydrogen) atoms. The second-order valence-electron chi connectivity index (χ2n) is 5.56. The highest BCUT2D eigenvalue weighted by atomic mass is 35.5. The summed E-state index contributed by atoms with van der Waals surface area (Å²) < 4.78 is 0. The fourth-order valence-corrected chi connectivity index (χ4v) is 3.06. The molecule has 1 aromatic heterocycles. The quantitative estimate of drug-likeness (QED) is 0.943. The van der Waals surface area contributed by atoms with Crippen LogP contribution in [0.2, 0.25) is 5.02 Å². The predicted octanol–water partition coefficient (Wildman–Crippen LogP) is 2.94. The van der Waals surface area contributed by atoms with Crippen molar-refractivity contribution in [3.05, 3.63) is 47.0 Å². The van der Waals surface area contributed by atoms with E-state index in [0.717, 1.165) is 24.6 Å². The molecule has 1 amide bonds. The van der Waals surface area contributed by atoms with Gasteiger partial charge in [-0.15, -0.1) is 0 Å². The molecule has 1 aliphatic heterocycles. The first-order valence-corrected chi connectivity index (χ1v) is 7.81. The van der Waals surface area contributed by atoms with Crippen molar-refractivity contribution >= 4 is 23.2 Å². The lowest BCUT2D eigenvalue weighted by Gasteiger charge is -2.21. The van der Waals surface area contributed by atoms with E-state index in [1.165, 1.54) is 12.8 Å². The Balaban J connectivity index is 1.73. The molecule has 116 valence electrons. The van der Waals surface area contributed by atoms with Gasteiger partial charge in [-0.25, -0.2) is 4.98 Å². The van der Waals surface area contributed by atoms with Crippen LogP contribution in [0.3, 0.4) is 0 Å². The van der Waals surface area contributed by atoms with Gasteiger partial charge in [0.2, 0.25) is 0 Å². The van der Waals surface area contributed by atoms with Crippen molar-refractivity contribution in [3.63, 3.8) is 0 Å². The highest BCUT2D eigenvalue weighted by Gasteiger charge is 2.18.